The first-order chi connectivity index (χ1) is 12.0. The monoisotopic (exact) mass is 343 g/mol. The van der Waals surface area contributed by atoms with Crippen LogP contribution in [-0.4, -0.2) is 53.2 Å². The lowest BCUT2D eigenvalue weighted by atomic mass is 10.1. The first kappa shape index (κ1) is 17.5. The maximum atomic E-state index is 12.4. The van der Waals surface area contributed by atoms with Gasteiger partial charge >= 0.3 is 11.8 Å². The quantitative estimate of drug-likeness (QED) is 0.818. The van der Waals surface area contributed by atoms with Gasteiger partial charge in [0.25, 0.3) is 0 Å². The fourth-order valence-electron chi connectivity index (χ4n) is 3.53. The molecule has 3 amide bonds. The first-order valence-electron chi connectivity index (χ1n) is 8.96. The van der Waals surface area contributed by atoms with Crippen molar-refractivity contribution in [2.45, 2.75) is 45.2 Å². The van der Waals surface area contributed by atoms with Crippen molar-refractivity contribution in [2.75, 3.05) is 19.6 Å². The summed E-state index contributed by atoms with van der Waals surface area (Å²) in [5.41, 5.74) is 2.14. The van der Waals surface area contributed by atoms with Crippen LogP contribution in [0.15, 0.2) is 24.3 Å². The fourth-order valence-corrected chi connectivity index (χ4v) is 3.53. The van der Waals surface area contributed by atoms with Crippen molar-refractivity contribution in [3.8, 4) is 0 Å². The molecule has 1 saturated heterocycles. The van der Waals surface area contributed by atoms with Crippen LogP contribution < -0.4 is 5.32 Å². The number of piperazine rings is 1. The van der Waals surface area contributed by atoms with Crippen LogP contribution in [0.3, 0.4) is 0 Å². The van der Waals surface area contributed by atoms with Crippen LogP contribution in [0.5, 0.6) is 0 Å². The average Bonchev–Trinajstić information content (AvgIpc) is 3.09. The zero-order valence-electron chi connectivity index (χ0n) is 14.7. The number of rotatable bonds is 5. The molecule has 1 saturated carbocycles. The molecule has 0 radical (unpaired) electrons. The molecular weight excluding hydrogens is 318 g/mol. The molecule has 1 aromatic carbocycles. The van der Waals surface area contributed by atoms with Gasteiger partial charge in [-0.3, -0.25) is 14.4 Å². The summed E-state index contributed by atoms with van der Waals surface area (Å²) in [5, 5.41) is 2.96. The molecule has 1 heterocycles. The van der Waals surface area contributed by atoms with Gasteiger partial charge in [-0.05, 0) is 30.9 Å². The third-order valence-electron chi connectivity index (χ3n) is 5.07. The van der Waals surface area contributed by atoms with Gasteiger partial charge in [0.2, 0.25) is 5.91 Å². The molecular formula is C19H25N3O3. The Hall–Kier alpha value is -2.37. The van der Waals surface area contributed by atoms with Crippen LogP contribution in [0.4, 0.5) is 0 Å². The second-order valence-electron chi connectivity index (χ2n) is 6.93. The van der Waals surface area contributed by atoms with Gasteiger partial charge < -0.3 is 15.1 Å². The van der Waals surface area contributed by atoms with Crippen molar-refractivity contribution in [3.63, 3.8) is 0 Å². The molecule has 6 nitrogen and oxygen atoms in total. The van der Waals surface area contributed by atoms with Crippen molar-refractivity contribution in [1.82, 2.24) is 15.1 Å². The van der Waals surface area contributed by atoms with Gasteiger partial charge in [-0.25, -0.2) is 0 Å². The highest BCUT2D eigenvalue weighted by Crippen LogP contribution is 2.18. The first-order valence-corrected chi connectivity index (χ1v) is 8.96. The number of nitrogens with one attached hydrogen (secondary N) is 1. The van der Waals surface area contributed by atoms with E-state index in [1.807, 2.05) is 31.2 Å². The third kappa shape index (κ3) is 4.18. The Labute approximate surface area is 148 Å². The number of benzene rings is 1. The molecule has 0 atom stereocenters. The maximum Gasteiger partial charge on any atom is 0.312 e. The zero-order valence-corrected chi connectivity index (χ0v) is 14.7. The van der Waals surface area contributed by atoms with E-state index in [4.69, 9.17) is 0 Å². The molecule has 0 bridgehead atoms. The van der Waals surface area contributed by atoms with Gasteiger partial charge in [-0.2, -0.15) is 0 Å². The minimum absolute atomic E-state index is 0.0285. The number of hydrogen-bond donors (Lipinski definition) is 1. The molecule has 25 heavy (non-hydrogen) atoms. The fraction of sp³-hybridized carbons (Fsp3) is 0.526. The zero-order chi connectivity index (χ0) is 17.8. The number of amides is 3. The van der Waals surface area contributed by atoms with Gasteiger partial charge in [0, 0.05) is 25.7 Å². The number of aryl methyl sites for hydroxylation is 1. The van der Waals surface area contributed by atoms with E-state index < -0.39 is 11.8 Å². The van der Waals surface area contributed by atoms with Gasteiger partial charge in [0.1, 0.15) is 6.54 Å². The van der Waals surface area contributed by atoms with Crippen molar-refractivity contribution in [3.05, 3.63) is 35.4 Å². The van der Waals surface area contributed by atoms with Crippen LogP contribution in [-0.2, 0) is 20.9 Å². The average molecular weight is 343 g/mol. The SMILES string of the molecule is Cc1ccccc1CN1CCN(CC(=O)NC2CCCC2)C(=O)C1=O. The van der Waals surface area contributed by atoms with Crippen LogP contribution in [0, 0.1) is 6.92 Å². The summed E-state index contributed by atoms with van der Waals surface area (Å²) >= 11 is 0. The third-order valence-corrected chi connectivity index (χ3v) is 5.07. The smallest absolute Gasteiger partial charge is 0.312 e. The summed E-state index contributed by atoms with van der Waals surface area (Å²) < 4.78 is 0. The maximum absolute atomic E-state index is 12.4. The van der Waals surface area contributed by atoms with Crippen LogP contribution >= 0.6 is 0 Å². The largest absolute Gasteiger partial charge is 0.352 e. The number of carbonyl (C=O) groups is 3. The van der Waals surface area contributed by atoms with Gasteiger partial charge in [0.05, 0.1) is 0 Å². The number of hydrogen-bond acceptors (Lipinski definition) is 3. The molecule has 1 aliphatic heterocycles. The summed E-state index contributed by atoms with van der Waals surface area (Å²) in [7, 11) is 0. The second-order valence-corrected chi connectivity index (χ2v) is 6.93. The molecule has 134 valence electrons. The van der Waals surface area contributed by atoms with Crippen LogP contribution in [0.1, 0.15) is 36.8 Å². The van der Waals surface area contributed by atoms with Crippen LogP contribution in [0.25, 0.3) is 0 Å². The van der Waals surface area contributed by atoms with Crippen molar-refractivity contribution in [1.29, 1.82) is 0 Å². The van der Waals surface area contributed by atoms with Gasteiger partial charge in [-0.15, -0.1) is 0 Å². The number of carbonyl (C=O) groups excluding carboxylic acids is 3. The molecule has 0 unspecified atom stereocenters. The molecule has 6 heteroatoms. The summed E-state index contributed by atoms with van der Waals surface area (Å²) in [4.78, 5) is 39.8. The van der Waals surface area contributed by atoms with E-state index in [1.165, 1.54) is 4.90 Å². The molecule has 2 aliphatic rings. The Balaban J connectivity index is 1.55. The topological polar surface area (TPSA) is 69.7 Å². The van der Waals surface area contributed by atoms with Crippen molar-refractivity contribution in [2.24, 2.45) is 0 Å². The standard InChI is InChI=1S/C19H25N3O3/c1-14-6-2-3-7-15(14)12-21-10-11-22(19(25)18(21)24)13-17(23)20-16-8-4-5-9-16/h2-3,6-7,16H,4-5,8-13H2,1H3,(H,20,23). The highest BCUT2D eigenvalue weighted by Gasteiger charge is 2.33. The predicted octanol–water partition coefficient (Wildman–Crippen LogP) is 1.22. The number of nitrogens with zero attached hydrogens (tertiary/aromatic N) is 2. The lowest BCUT2D eigenvalue weighted by molar-refractivity contribution is -0.157. The van der Waals surface area contributed by atoms with Crippen molar-refractivity contribution < 1.29 is 14.4 Å². The molecule has 0 spiro atoms. The molecule has 2 fully saturated rings. The minimum Gasteiger partial charge on any atom is -0.352 e. The van der Waals surface area contributed by atoms with Gasteiger partial charge in [-0.1, -0.05) is 37.1 Å². The predicted molar refractivity (Wildman–Crippen MR) is 93.6 cm³/mol. The molecule has 3 rings (SSSR count). The Morgan fingerprint density at radius 2 is 1.72 bits per heavy atom. The van der Waals surface area contributed by atoms with E-state index in [9.17, 15) is 14.4 Å². The Kier molecular flexibility index (Phi) is 5.36. The highest BCUT2D eigenvalue weighted by molar-refractivity contribution is 6.35. The van der Waals surface area contributed by atoms with Crippen LogP contribution in [0.2, 0.25) is 0 Å². The highest BCUT2D eigenvalue weighted by atomic mass is 16.2. The lowest BCUT2D eigenvalue weighted by Gasteiger charge is -2.33. The van der Waals surface area contributed by atoms with E-state index >= 15 is 0 Å². The van der Waals surface area contributed by atoms with Crippen molar-refractivity contribution >= 4 is 17.7 Å². The Morgan fingerprint density at radius 1 is 1.08 bits per heavy atom. The Bertz CT molecular complexity index is 668. The lowest BCUT2D eigenvalue weighted by Crippen LogP contribution is -2.56. The van der Waals surface area contributed by atoms with E-state index in [0.717, 1.165) is 36.8 Å². The van der Waals surface area contributed by atoms with E-state index in [2.05, 4.69) is 5.32 Å². The molecule has 0 aromatic heterocycles. The summed E-state index contributed by atoms with van der Waals surface area (Å²) in [6.45, 7) is 3.24. The molecule has 1 N–H and O–H groups in total. The summed E-state index contributed by atoms with van der Waals surface area (Å²) in [5.74, 6) is -1.27. The van der Waals surface area contributed by atoms with E-state index in [0.29, 0.717) is 19.6 Å². The second kappa shape index (κ2) is 7.68. The summed E-state index contributed by atoms with van der Waals surface area (Å²) in [6, 6.07) is 8.06. The van der Waals surface area contributed by atoms with E-state index in [1.54, 1.807) is 4.90 Å². The minimum atomic E-state index is -0.582. The normalized spacial score (nSPS) is 18.8. The molecule has 1 aliphatic carbocycles. The molecule has 1 aromatic rings. The van der Waals surface area contributed by atoms with E-state index in [-0.39, 0.29) is 18.5 Å². The van der Waals surface area contributed by atoms with Gasteiger partial charge in [0.15, 0.2) is 0 Å². The Morgan fingerprint density at radius 3 is 2.44 bits per heavy atom. The summed E-state index contributed by atoms with van der Waals surface area (Å²) in [6.07, 6.45) is 4.28.